The highest BCUT2D eigenvalue weighted by Crippen LogP contribution is 2.31. The van der Waals surface area contributed by atoms with Crippen LogP contribution < -0.4 is 14.8 Å². The van der Waals surface area contributed by atoms with Gasteiger partial charge in [-0.2, -0.15) is 0 Å². The fourth-order valence-electron chi connectivity index (χ4n) is 2.95. The Hall–Kier alpha value is -3.59. The molecule has 0 radical (unpaired) electrons. The van der Waals surface area contributed by atoms with Crippen LogP contribution in [0, 0.1) is 0 Å². The summed E-state index contributed by atoms with van der Waals surface area (Å²) in [5.74, 6) is -0.655. The van der Waals surface area contributed by atoms with Gasteiger partial charge in [0.2, 0.25) is 0 Å². The molecule has 0 unspecified atom stereocenters. The Morgan fingerprint density at radius 2 is 1.68 bits per heavy atom. The molecule has 0 atom stereocenters. The van der Waals surface area contributed by atoms with Crippen molar-refractivity contribution in [1.29, 1.82) is 0 Å². The summed E-state index contributed by atoms with van der Waals surface area (Å²) in [7, 11) is 1.60. The number of carboxylic acid groups (broad SMARTS) is 1. The third kappa shape index (κ3) is 9.11. The standard InChI is InChI=1S/C25H31NO8/c1-25(2,3)34-24(30)26-23-19(6-5-7-21(23)33-16-22(28)29)20(27)13-10-17-8-11-18(12-9-17)32-15-14-31-4/h5-9,11-12H,10,13-16H2,1-4H3,(H,26,30)(H,28,29). The maximum atomic E-state index is 13.0. The third-order valence-corrected chi connectivity index (χ3v) is 4.42. The average Bonchev–Trinajstić information content (AvgIpc) is 2.76. The molecule has 2 rings (SSSR count). The number of carboxylic acids is 1. The van der Waals surface area contributed by atoms with Gasteiger partial charge in [0.15, 0.2) is 12.4 Å². The number of para-hydroxylation sites is 1. The van der Waals surface area contributed by atoms with Gasteiger partial charge in [0.1, 0.15) is 23.7 Å². The van der Waals surface area contributed by atoms with Gasteiger partial charge in [-0.15, -0.1) is 0 Å². The predicted octanol–water partition coefficient (Wildman–Crippen LogP) is 4.34. The molecule has 0 aliphatic carbocycles. The molecule has 34 heavy (non-hydrogen) atoms. The summed E-state index contributed by atoms with van der Waals surface area (Å²) in [6.45, 7) is 5.44. The maximum absolute atomic E-state index is 13.0. The first-order valence-corrected chi connectivity index (χ1v) is 10.8. The Morgan fingerprint density at radius 1 is 0.971 bits per heavy atom. The number of Topliss-reactive ketones (excluding diaryl/α,β-unsaturated/α-hetero) is 1. The Balaban J connectivity index is 2.15. The summed E-state index contributed by atoms with van der Waals surface area (Å²) in [6, 6.07) is 12.0. The van der Waals surface area contributed by atoms with Crippen molar-refractivity contribution in [1.82, 2.24) is 0 Å². The number of carbonyl (C=O) groups is 3. The fourth-order valence-corrected chi connectivity index (χ4v) is 2.95. The van der Waals surface area contributed by atoms with E-state index < -0.39 is 24.3 Å². The molecule has 9 heteroatoms. The SMILES string of the molecule is COCCOc1ccc(CCC(=O)c2cccc(OCC(=O)O)c2NC(=O)OC(C)(C)C)cc1. The molecule has 2 aromatic rings. The molecule has 0 aromatic heterocycles. The van der Waals surface area contributed by atoms with Crippen molar-refractivity contribution in [3.63, 3.8) is 0 Å². The highest BCUT2D eigenvalue weighted by atomic mass is 16.6. The minimum atomic E-state index is -1.19. The zero-order chi connectivity index (χ0) is 25.1. The third-order valence-electron chi connectivity index (χ3n) is 4.42. The minimum absolute atomic E-state index is 0.0664. The average molecular weight is 474 g/mol. The fraction of sp³-hybridized carbons (Fsp3) is 0.400. The molecule has 0 bridgehead atoms. The number of anilines is 1. The monoisotopic (exact) mass is 473 g/mol. The lowest BCUT2D eigenvalue weighted by Crippen LogP contribution is -2.28. The quantitative estimate of drug-likeness (QED) is 0.345. The number of carbonyl (C=O) groups excluding carboxylic acids is 2. The van der Waals surface area contributed by atoms with Gasteiger partial charge >= 0.3 is 12.1 Å². The number of methoxy groups -OCH3 is 1. The second-order valence-corrected chi connectivity index (χ2v) is 8.40. The maximum Gasteiger partial charge on any atom is 0.412 e. The molecule has 184 valence electrons. The largest absolute Gasteiger partial charge is 0.491 e. The molecule has 1 amide bonds. The lowest BCUT2D eigenvalue weighted by Gasteiger charge is -2.21. The molecule has 9 nitrogen and oxygen atoms in total. The molecular formula is C25H31NO8. The second-order valence-electron chi connectivity index (χ2n) is 8.40. The van der Waals surface area contributed by atoms with Crippen LogP contribution in [0.4, 0.5) is 10.5 Å². The van der Waals surface area contributed by atoms with Crippen molar-refractivity contribution in [2.24, 2.45) is 0 Å². The second kappa shape index (κ2) is 12.6. The van der Waals surface area contributed by atoms with E-state index in [2.05, 4.69) is 5.32 Å². The molecule has 0 heterocycles. The van der Waals surface area contributed by atoms with E-state index >= 15 is 0 Å². The first-order valence-electron chi connectivity index (χ1n) is 10.8. The van der Waals surface area contributed by atoms with E-state index in [1.807, 2.05) is 24.3 Å². The highest BCUT2D eigenvalue weighted by molar-refractivity contribution is 6.05. The minimum Gasteiger partial charge on any atom is -0.491 e. The Labute approximate surface area is 199 Å². The van der Waals surface area contributed by atoms with Crippen LogP contribution in [-0.4, -0.2) is 55.5 Å². The van der Waals surface area contributed by atoms with Gasteiger partial charge in [-0.3, -0.25) is 10.1 Å². The topological polar surface area (TPSA) is 120 Å². The van der Waals surface area contributed by atoms with Gasteiger partial charge in [0.25, 0.3) is 0 Å². The number of aryl methyl sites for hydroxylation is 1. The smallest absolute Gasteiger partial charge is 0.412 e. The van der Waals surface area contributed by atoms with Crippen molar-refractivity contribution in [2.75, 3.05) is 32.2 Å². The summed E-state index contributed by atoms with van der Waals surface area (Å²) in [6.07, 6.45) is -0.157. The van der Waals surface area contributed by atoms with Crippen molar-refractivity contribution in [3.05, 3.63) is 53.6 Å². The number of aliphatic carboxylic acids is 1. The van der Waals surface area contributed by atoms with Crippen LogP contribution in [0.25, 0.3) is 0 Å². The Bertz CT molecular complexity index is 979. The summed E-state index contributed by atoms with van der Waals surface area (Å²) < 4.78 is 21.1. The summed E-state index contributed by atoms with van der Waals surface area (Å²) in [4.78, 5) is 36.3. The van der Waals surface area contributed by atoms with E-state index in [0.29, 0.717) is 25.4 Å². The summed E-state index contributed by atoms with van der Waals surface area (Å²) in [5, 5.41) is 11.5. The van der Waals surface area contributed by atoms with Crippen LogP contribution >= 0.6 is 0 Å². The van der Waals surface area contributed by atoms with E-state index in [4.69, 9.17) is 24.1 Å². The summed E-state index contributed by atoms with van der Waals surface area (Å²) in [5.41, 5.74) is 0.454. The molecule has 2 aromatic carbocycles. The van der Waals surface area contributed by atoms with Crippen molar-refractivity contribution in [2.45, 2.75) is 39.2 Å². The zero-order valence-corrected chi connectivity index (χ0v) is 19.9. The molecule has 0 spiro atoms. The van der Waals surface area contributed by atoms with Gasteiger partial charge < -0.3 is 24.1 Å². The number of ketones is 1. The number of benzene rings is 2. The highest BCUT2D eigenvalue weighted by Gasteiger charge is 2.22. The number of nitrogens with one attached hydrogen (secondary N) is 1. The first-order chi connectivity index (χ1) is 16.1. The Kier molecular flexibility index (Phi) is 9.88. The molecule has 0 aliphatic heterocycles. The molecule has 0 fully saturated rings. The van der Waals surface area contributed by atoms with Crippen molar-refractivity contribution < 1.29 is 38.4 Å². The lowest BCUT2D eigenvalue weighted by atomic mass is 10.0. The lowest BCUT2D eigenvalue weighted by molar-refractivity contribution is -0.139. The zero-order valence-electron chi connectivity index (χ0n) is 19.9. The van der Waals surface area contributed by atoms with E-state index in [1.165, 1.54) is 6.07 Å². The van der Waals surface area contributed by atoms with E-state index in [1.54, 1.807) is 40.0 Å². The van der Waals surface area contributed by atoms with Gasteiger partial charge in [-0.1, -0.05) is 18.2 Å². The van der Waals surface area contributed by atoms with Gasteiger partial charge in [-0.25, -0.2) is 9.59 Å². The van der Waals surface area contributed by atoms with Crippen LogP contribution in [0.15, 0.2) is 42.5 Å². The predicted molar refractivity (Wildman–Crippen MR) is 126 cm³/mol. The van der Waals surface area contributed by atoms with Crippen molar-refractivity contribution in [3.8, 4) is 11.5 Å². The molecule has 0 aliphatic rings. The van der Waals surface area contributed by atoms with E-state index in [9.17, 15) is 14.4 Å². The van der Waals surface area contributed by atoms with Crippen LogP contribution in [0.1, 0.15) is 43.1 Å². The van der Waals surface area contributed by atoms with Gasteiger partial charge in [0.05, 0.1) is 12.3 Å². The molecule has 0 saturated carbocycles. The van der Waals surface area contributed by atoms with Gasteiger partial charge in [0, 0.05) is 19.1 Å². The van der Waals surface area contributed by atoms with Crippen LogP contribution in [-0.2, 0) is 20.7 Å². The van der Waals surface area contributed by atoms with Crippen LogP contribution in [0.2, 0.25) is 0 Å². The number of amides is 1. The van der Waals surface area contributed by atoms with E-state index in [0.717, 1.165) is 5.56 Å². The number of hydrogen-bond donors (Lipinski definition) is 2. The Morgan fingerprint density at radius 3 is 2.29 bits per heavy atom. The number of rotatable bonds is 12. The molecular weight excluding hydrogens is 442 g/mol. The van der Waals surface area contributed by atoms with Crippen LogP contribution in [0.3, 0.4) is 0 Å². The normalized spacial score (nSPS) is 10.9. The summed E-state index contributed by atoms with van der Waals surface area (Å²) >= 11 is 0. The van der Waals surface area contributed by atoms with Gasteiger partial charge in [-0.05, 0) is 57.0 Å². The first kappa shape index (κ1) is 26.7. The molecule has 0 saturated heterocycles. The van der Waals surface area contributed by atoms with Crippen molar-refractivity contribution >= 4 is 23.5 Å². The number of hydrogen-bond acceptors (Lipinski definition) is 7. The molecule has 2 N–H and O–H groups in total. The van der Waals surface area contributed by atoms with E-state index in [-0.39, 0.29) is 29.2 Å². The van der Waals surface area contributed by atoms with Crippen LogP contribution in [0.5, 0.6) is 11.5 Å². The number of ether oxygens (including phenoxy) is 4.